The van der Waals surface area contributed by atoms with Gasteiger partial charge >= 0.3 is 5.97 Å². The molecule has 1 aromatic carbocycles. The molecule has 5 aliphatic rings. The van der Waals surface area contributed by atoms with E-state index < -0.39 is 19.1 Å². The third-order valence-corrected chi connectivity index (χ3v) is 7.23. The zero-order valence-corrected chi connectivity index (χ0v) is 16.5. The summed E-state index contributed by atoms with van der Waals surface area (Å²) in [7, 11) is 0. The van der Waals surface area contributed by atoms with Crippen LogP contribution in [0.4, 0.5) is 0 Å². The van der Waals surface area contributed by atoms with Crippen LogP contribution in [-0.2, 0) is 19.1 Å². The Morgan fingerprint density at radius 3 is 2.21 bits per heavy atom. The molecule has 2 amide bonds. The van der Waals surface area contributed by atoms with Crippen LogP contribution in [0, 0.1) is 49.4 Å². The molecule has 0 radical (unpaired) electrons. The lowest BCUT2D eigenvalue weighted by atomic mass is 9.63. The van der Waals surface area contributed by atoms with Gasteiger partial charge in [-0.1, -0.05) is 24.3 Å². The van der Waals surface area contributed by atoms with E-state index in [1.54, 1.807) is 12.1 Å². The fraction of sp³-hybridized carbons (Fsp3) is 0.478. The molecule has 0 spiro atoms. The van der Waals surface area contributed by atoms with Crippen molar-refractivity contribution in [1.29, 1.82) is 0 Å². The number of imide groups is 1. The van der Waals surface area contributed by atoms with E-state index in [0.29, 0.717) is 17.4 Å². The highest BCUT2D eigenvalue weighted by atomic mass is 16.5. The van der Waals surface area contributed by atoms with Gasteiger partial charge in [-0.25, -0.2) is 0 Å². The zero-order valence-electron chi connectivity index (χ0n) is 16.5. The first-order valence-electron chi connectivity index (χ1n) is 10.2. The number of carbonyl (C=O) groups excluding carboxylic acids is 4. The number of amides is 2. The molecule has 29 heavy (non-hydrogen) atoms. The molecule has 0 aromatic heterocycles. The molecule has 2 saturated carbocycles. The molecule has 6 atom stereocenters. The second kappa shape index (κ2) is 6.37. The second-order valence-corrected chi connectivity index (χ2v) is 8.80. The normalized spacial score (nSPS) is 33.5. The quantitative estimate of drug-likeness (QED) is 0.331. The number of nitrogens with zero attached hydrogens (tertiary/aromatic N) is 1. The third kappa shape index (κ3) is 2.76. The standard InChI is InChI=1S/C23H23NO5/c1-11-3-4-13(7-12(11)2)18(25)10-29-19(26)9-24-22(27)20-14-5-6-15(17-8-16(14)17)21(20)23(24)28/h3-7,14-17,20-21H,8-10H2,1-2H3/t14-,15-,16-,17+,20-,21+/m0/s1. The molecule has 1 saturated heterocycles. The maximum atomic E-state index is 12.9. The number of rotatable bonds is 5. The van der Waals surface area contributed by atoms with Crippen molar-refractivity contribution in [1.82, 2.24) is 4.90 Å². The SMILES string of the molecule is Cc1ccc(C(=O)COC(=O)CN2C(=O)[C@@H]3[C@H]4C=C[C@@H]([C@@H]5C[C@H]45)[C@@H]3C2=O)cc1C. The highest BCUT2D eigenvalue weighted by molar-refractivity contribution is 6.08. The Kier molecular flexibility index (Phi) is 4.02. The van der Waals surface area contributed by atoms with Crippen molar-refractivity contribution in [2.24, 2.45) is 35.5 Å². The number of aryl methyl sites for hydroxylation is 2. The van der Waals surface area contributed by atoms with Gasteiger partial charge < -0.3 is 4.74 Å². The van der Waals surface area contributed by atoms with Crippen LogP contribution in [0.2, 0.25) is 0 Å². The molecule has 0 unspecified atom stereocenters. The van der Waals surface area contributed by atoms with Crippen molar-refractivity contribution in [2.75, 3.05) is 13.2 Å². The number of likely N-dealkylation sites (tertiary alicyclic amines) is 1. The number of benzene rings is 1. The lowest BCUT2D eigenvalue weighted by Gasteiger charge is -2.37. The number of hydrogen-bond donors (Lipinski definition) is 0. The predicted molar refractivity (Wildman–Crippen MR) is 103 cm³/mol. The van der Waals surface area contributed by atoms with E-state index in [0.717, 1.165) is 22.4 Å². The molecule has 1 aromatic rings. The van der Waals surface area contributed by atoms with Crippen molar-refractivity contribution in [3.05, 3.63) is 47.0 Å². The number of allylic oxidation sites excluding steroid dienone is 2. The van der Waals surface area contributed by atoms with Crippen LogP contribution in [0.3, 0.4) is 0 Å². The highest BCUT2D eigenvalue weighted by Crippen LogP contribution is 2.65. The summed E-state index contributed by atoms with van der Waals surface area (Å²) in [5.41, 5.74) is 2.54. The Morgan fingerprint density at radius 1 is 1.00 bits per heavy atom. The second-order valence-electron chi connectivity index (χ2n) is 8.80. The monoisotopic (exact) mass is 393 g/mol. The molecule has 6 nitrogen and oxygen atoms in total. The number of ketones is 1. The Morgan fingerprint density at radius 2 is 1.62 bits per heavy atom. The molecule has 2 bridgehead atoms. The number of hydrogen-bond acceptors (Lipinski definition) is 5. The van der Waals surface area contributed by atoms with Crippen molar-refractivity contribution in [3.63, 3.8) is 0 Å². The van der Waals surface area contributed by atoms with Gasteiger partial charge in [0.25, 0.3) is 0 Å². The largest absolute Gasteiger partial charge is 0.456 e. The van der Waals surface area contributed by atoms with Crippen molar-refractivity contribution in [3.8, 4) is 0 Å². The first kappa shape index (κ1) is 18.3. The summed E-state index contributed by atoms with van der Waals surface area (Å²) in [6.07, 6.45) is 5.28. The number of ether oxygens (including phenoxy) is 1. The maximum Gasteiger partial charge on any atom is 0.326 e. The minimum Gasteiger partial charge on any atom is -0.456 e. The van der Waals surface area contributed by atoms with Crippen LogP contribution >= 0.6 is 0 Å². The van der Waals surface area contributed by atoms with Gasteiger partial charge in [-0.2, -0.15) is 0 Å². The maximum absolute atomic E-state index is 12.9. The fourth-order valence-electron chi connectivity index (χ4n) is 5.49. The van der Waals surface area contributed by atoms with E-state index in [1.807, 2.05) is 19.9 Å². The van der Waals surface area contributed by atoms with E-state index in [4.69, 9.17) is 4.74 Å². The van der Waals surface area contributed by atoms with Crippen molar-refractivity contribution < 1.29 is 23.9 Å². The summed E-state index contributed by atoms with van der Waals surface area (Å²) in [4.78, 5) is 51.3. The Hall–Kier alpha value is -2.76. The Bertz CT molecular complexity index is 943. The van der Waals surface area contributed by atoms with E-state index in [-0.39, 0.29) is 41.3 Å². The highest BCUT2D eigenvalue weighted by Gasteiger charge is 2.67. The summed E-state index contributed by atoms with van der Waals surface area (Å²) < 4.78 is 5.09. The average molecular weight is 393 g/mol. The lowest BCUT2D eigenvalue weighted by Crippen LogP contribution is -2.40. The van der Waals surface area contributed by atoms with Crippen LogP contribution in [0.25, 0.3) is 0 Å². The van der Waals surface area contributed by atoms with E-state index in [2.05, 4.69) is 12.2 Å². The van der Waals surface area contributed by atoms with Gasteiger partial charge in [-0.05, 0) is 61.1 Å². The Labute approximate surface area is 168 Å². The number of carbonyl (C=O) groups is 4. The molecule has 150 valence electrons. The van der Waals surface area contributed by atoms with Gasteiger partial charge in [0.2, 0.25) is 11.8 Å². The van der Waals surface area contributed by atoms with Gasteiger partial charge in [-0.3, -0.25) is 24.1 Å². The van der Waals surface area contributed by atoms with Crippen LogP contribution in [0.1, 0.15) is 27.9 Å². The van der Waals surface area contributed by atoms with E-state index in [9.17, 15) is 19.2 Å². The predicted octanol–water partition coefficient (Wildman–Crippen LogP) is 2.08. The fourth-order valence-corrected chi connectivity index (χ4v) is 5.49. The minimum atomic E-state index is -0.729. The molecule has 6 rings (SSSR count). The van der Waals surface area contributed by atoms with Gasteiger partial charge in [0.1, 0.15) is 6.54 Å². The average Bonchev–Trinajstić information content (AvgIpc) is 3.49. The summed E-state index contributed by atoms with van der Waals surface area (Å²) in [5.74, 6) is -0.931. The first-order valence-corrected chi connectivity index (χ1v) is 10.2. The Balaban J connectivity index is 1.21. The van der Waals surface area contributed by atoms with Gasteiger partial charge in [0.15, 0.2) is 12.4 Å². The van der Waals surface area contributed by atoms with Gasteiger partial charge in [-0.15, -0.1) is 0 Å². The van der Waals surface area contributed by atoms with Crippen LogP contribution < -0.4 is 0 Å². The third-order valence-electron chi connectivity index (χ3n) is 7.23. The summed E-state index contributed by atoms with van der Waals surface area (Å²) >= 11 is 0. The van der Waals surface area contributed by atoms with Crippen LogP contribution in [0.5, 0.6) is 0 Å². The van der Waals surface area contributed by atoms with Crippen LogP contribution in [-0.4, -0.2) is 41.6 Å². The van der Waals surface area contributed by atoms with Crippen molar-refractivity contribution in [2.45, 2.75) is 20.3 Å². The van der Waals surface area contributed by atoms with Crippen molar-refractivity contribution >= 4 is 23.6 Å². The molecule has 6 heteroatoms. The first-order chi connectivity index (χ1) is 13.9. The number of Topliss-reactive ketones (excluding diaryl/α,β-unsaturated/α-hetero) is 1. The summed E-state index contributed by atoms with van der Waals surface area (Å²) in [6.45, 7) is 3.05. The molecular weight excluding hydrogens is 370 g/mol. The van der Waals surface area contributed by atoms with Crippen LogP contribution in [0.15, 0.2) is 30.4 Å². The zero-order chi connectivity index (χ0) is 20.4. The van der Waals surface area contributed by atoms with E-state index >= 15 is 0 Å². The summed E-state index contributed by atoms with van der Waals surface area (Å²) in [5, 5.41) is 0. The molecule has 1 heterocycles. The molecule has 4 aliphatic carbocycles. The smallest absolute Gasteiger partial charge is 0.326 e. The number of esters is 1. The molecule has 0 N–H and O–H groups in total. The van der Waals surface area contributed by atoms with Gasteiger partial charge in [0, 0.05) is 5.56 Å². The topological polar surface area (TPSA) is 80.8 Å². The molecule has 1 aliphatic heterocycles. The minimum absolute atomic E-state index is 0.124. The summed E-state index contributed by atoms with van der Waals surface area (Å²) in [6, 6.07) is 5.31. The molecule has 3 fully saturated rings. The lowest BCUT2D eigenvalue weighted by molar-refractivity contribution is -0.152. The van der Waals surface area contributed by atoms with Gasteiger partial charge in [0.05, 0.1) is 11.8 Å². The van der Waals surface area contributed by atoms with E-state index in [1.165, 1.54) is 0 Å². The molecular formula is C23H23NO5.